The number of carbonyl (C=O) groups is 2. The van der Waals surface area contributed by atoms with Gasteiger partial charge < -0.3 is 20.4 Å². The molecule has 1 aliphatic rings. The first-order valence-corrected chi connectivity index (χ1v) is 6.35. The quantitative estimate of drug-likeness (QED) is 0.675. The van der Waals surface area contributed by atoms with Gasteiger partial charge in [0.1, 0.15) is 0 Å². The van der Waals surface area contributed by atoms with Crippen LogP contribution in [0.4, 0.5) is 4.79 Å². The summed E-state index contributed by atoms with van der Waals surface area (Å²) in [6, 6.07) is -0.638. The van der Waals surface area contributed by atoms with Crippen LogP contribution in [0.2, 0.25) is 0 Å². The highest BCUT2D eigenvalue weighted by molar-refractivity contribution is 5.79. The van der Waals surface area contributed by atoms with Gasteiger partial charge in [0.25, 0.3) is 0 Å². The van der Waals surface area contributed by atoms with Crippen LogP contribution < -0.4 is 5.32 Å². The number of amides is 2. The van der Waals surface area contributed by atoms with Crippen molar-refractivity contribution in [3.63, 3.8) is 0 Å². The topological polar surface area (TPSA) is 89.9 Å². The summed E-state index contributed by atoms with van der Waals surface area (Å²) in [6.07, 6.45) is 2.07. The SMILES string of the molecule is CCN(CCO)C(=O)NC1CCCC1(C)C(=O)O. The second kappa shape index (κ2) is 6.04. The fourth-order valence-electron chi connectivity index (χ4n) is 2.42. The summed E-state index contributed by atoms with van der Waals surface area (Å²) >= 11 is 0. The normalized spacial score (nSPS) is 26.9. The fraction of sp³-hybridized carbons (Fsp3) is 0.833. The average molecular weight is 258 g/mol. The molecule has 3 N–H and O–H groups in total. The number of carbonyl (C=O) groups excluding carboxylic acids is 1. The molecule has 6 heteroatoms. The first kappa shape index (κ1) is 14.8. The van der Waals surface area contributed by atoms with Crippen molar-refractivity contribution in [3.05, 3.63) is 0 Å². The molecule has 0 bridgehead atoms. The zero-order chi connectivity index (χ0) is 13.8. The van der Waals surface area contributed by atoms with Crippen molar-refractivity contribution in [1.82, 2.24) is 10.2 Å². The van der Waals surface area contributed by atoms with Gasteiger partial charge in [-0.25, -0.2) is 4.79 Å². The van der Waals surface area contributed by atoms with Crippen LogP contribution in [0.1, 0.15) is 33.1 Å². The third-order valence-electron chi connectivity index (χ3n) is 3.78. The third kappa shape index (κ3) is 2.93. The second-order valence-corrected chi connectivity index (χ2v) is 4.92. The number of aliphatic hydroxyl groups excluding tert-OH is 1. The zero-order valence-electron chi connectivity index (χ0n) is 11.0. The first-order chi connectivity index (χ1) is 8.45. The van der Waals surface area contributed by atoms with Crippen molar-refractivity contribution in [2.45, 2.75) is 39.2 Å². The molecule has 0 aromatic carbocycles. The highest BCUT2D eigenvalue weighted by atomic mass is 16.4. The molecule has 0 aliphatic heterocycles. The van der Waals surface area contributed by atoms with Gasteiger partial charge in [-0.2, -0.15) is 0 Å². The number of nitrogens with one attached hydrogen (secondary N) is 1. The van der Waals surface area contributed by atoms with Crippen LogP contribution in [0.5, 0.6) is 0 Å². The molecular formula is C12H22N2O4. The summed E-state index contributed by atoms with van der Waals surface area (Å²) < 4.78 is 0. The summed E-state index contributed by atoms with van der Waals surface area (Å²) in [5.74, 6) is -0.865. The molecule has 2 unspecified atom stereocenters. The van der Waals surface area contributed by atoms with Gasteiger partial charge in [0.05, 0.1) is 12.0 Å². The molecule has 6 nitrogen and oxygen atoms in total. The van der Waals surface area contributed by atoms with Crippen molar-refractivity contribution in [3.8, 4) is 0 Å². The number of likely N-dealkylation sites (N-methyl/N-ethyl adjacent to an activating group) is 1. The highest BCUT2D eigenvalue weighted by Crippen LogP contribution is 2.38. The standard InChI is InChI=1S/C12H22N2O4/c1-3-14(7-8-15)11(18)13-9-5-4-6-12(9,2)10(16)17/h9,15H,3-8H2,1-2H3,(H,13,18)(H,16,17). The molecule has 1 saturated carbocycles. The van der Waals surface area contributed by atoms with Gasteiger partial charge in [-0.05, 0) is 26.7 Å². The lowest BCUT2D eigenvalue weighted by Gasteiger charge is -2.30. The largest absolute Gasteiger partial charge is 0.481 e. The minimum absolute atomic E-state index is 0.0951. The van der Waals surface area contributed by atoms with Crippen molar-refractivity contribution in [1.29, 1.82) is 0 Å². The van der Waals surface area contributed by atoms with Crippen molar-refractivity contribution >= 4 is 12.0 Å². The number of aliphatic hydroxyl groups is 1. The number of rotatable bonds is 5. The maximum atomic E-state index is 11.9. The molecule has 1 fully saturated rings. The zero-order valence-corrected chi connectivity index (χ0v) is 11.0. The van der Waals surface area contributed by atoms with E-state index in [0.717, 1.165) is 6.42 Å². The Hall–Kier alpha value is -1.30. The van der Waals surface area contributed by atoms with Crippen LogP contribution in [-0.4, -0.2) is 52.9 Å². The van der Waals surface area contributed by atoms with Gasteiger partial charge in [0.15, 0.2) is 0 Å². The van der Waals surface area contributed by atoms with E-state index < -0.39 is 11.4 Å². The number of nitrogens with zero attached hydrogens (tertiary/aromatic N) is 1. The molecule has 2 atom stereocenters. The van der Waals surface area contributed by atoms with Gasteiger partial charge in [0, 0.05) is 19.1 Å². The van der Waals surface area contributed by atoms with Gasteiger partial charge in [-0.3, -0.25) is 4.79 Å². The Bertz CT molecular complexity index is 321. The average Bonchev–Trinajstić information content (AvgIpc) is 2.69. The predicted octanol–water partition coefficient (Wildman–Crippen LogP) is 0.654. The molecule has 0 saturated heterocycles. The second-order valence-electron chi connectivity index (χ2n) is 4.92. The smallest absolute Gasteiger partial charge is 0.317 e. The van der Waals surface area contributed by atoms with E-state index in [2.05, 4.69) is 5.32 Å². The predicted molar refractivity (Wildman–Crippen MR) is 66.2 cm³/mol. The van der Waals surface area contributed by atoms with E-state index in [1.165, 1.54) is 4.90 Å². The van der Waals surface area contributed by atoms with Crippen LogP contribution in [0, 0.1) is 5.41 Å². The molecule has 1 rings (SSSR count). The van der Waals surface area contributed by atoms with Gasteiger partial charge in [-0.15, -0.1) is 0 Å². The van der Waals surface area contributed by atoms with Crippen LogP contribution in [0.15, 0.2) is 0 Å². The first-order valence-electron chi connectivity index (χ1n) is 6.35. The van der Waals surface area contributed by atoms with Crippen LogP contribution in [-0.2, 0) is 4.79 Å². The van der Waals surface area contributed by atoms with E-state index in [-0.39, 0.29) is 25.2 Å². The summed E-state index contributed by atoms with van der Waals surface area (Å²) in [7, 11) is 0. The highest BCUT2D eigenvalue weighted by Gasteiger charge is 2.46. The van der Waals surface area contributed by atoms with Crippen LogP contribution in [0.3, 0.4) is 0 Å². The summed E-state index contributed by atoms with van der Waals surface area (Å²) in [5.41, 5.74) is -0.881. The minimum atomic E-state index is -0.881. The molecule has 104 valence electrons. The Morgan fingerprint density at radius 1 is 1.50 bits per heavy atom. The molecule has 0 spiro atoms. The number of carboxylic acids is 1. The lowest BCUT2D eigenvalue weighted by Crippen LogP contribution is -2.51. The number of carboxylic acid groups (broad SMARTS) is 1. The molecular weight excluding hydrogens is 236 g/mol. The van der Waals surface area contributed by atoms with E-state index in [9.17, 15) is 14.7 Å². The molecule has 1 aliphatic carbocycles. The Morgan fingerprint density at radius 3 is 2.67 bits per heavy atom. The van der Waals surface area contributed by atoms with Crippen molar-refractivity contribution < 1.29 is 19.8 Å². The Balaban J connectivity index is 2.66. The fourth-order valence-corrected chi connectivity index (χ4v) is 2.42. The van der Waals surface area contributed by atoms with Crippen LogP contribution in [0.25, 0.3) is 0 Å². The van der Waals surface area contributed by atoms with E-state index in [0.29, 0.717) is 19.4 Å². The number of aliphatic carboxylic acids is 1. The number of hydrogen-bond donors (Lipinski definition) is 3. The Kier molecular flexibility index (Phi) is 4.95. The number of urea groups is 1. The van der Waals surface area contributed by atoms with E-state index in [1.807, 2.05) is 6.92 Å². The maximum Gasteiger partial charge on any atom is 0.317 e. The van der Waals surface area contributed by atoms with Crippen molar-refractivity contribution in [2.75, 3.05) is 19.7 Å². The lowest BCUT2D eigenvalue weighted by molar-refractivity contribution is -0.148. The van der Waals surface area contributed by atoms with E-state index in [4.69, 9.17) is 5.11 Å². The van der Waals surface area contributed by atoms with Crippen molar-refractivity contribution in [2.24, 2.45) is 5.41 Å². The Labute approximate surface area is 107 Å². The molecule has 0 radical (unpaired) electrons. The Morgan fingerprint density at radius 2 is 2.17 bits per heavy atom. The van der Waals surface area contributed by atoms with E-state index >= 15 is 0 Å². The summed E-state index contributed by atoms with van der Waals surface area (Å²) in [6.45, 7) is 4.15. The summed E-state index contributed by atoms with van der Waals surface area (Å²) in [4.78, 5) is 24.7. The monoisotopic (exact) mass is 258 g/mol. The van der Waals surface area contributed by atoms with E-state index in [1.54, 1.807) is 6.92 Å². The number of hydrogen-bond acceptors (Lipinski definition) is 3. The minimum Gasteiger partial charge on any atom is -0.481 e. The molecule has 2 amide bonds. The van der Waals surface area contributed by atoms with Crippen LogP contribution >= 0.6 is 0 Å². The molecule has 0 aromatic heterocycles. The van der Waals surface area contributed by atoms with Gasteiger partial charge in [0.2, 0.25) is 0 Å². The summed E-state index contributed by atoms with van der Waals surface area (Å²) in [5, 5.41) is 20.9. The van der Waals surface area contributed by atoms with Gasteiger partial charge >= 0.3 is 12.0 Å². The molecule has 0 heterocycles. The molecule has 18 heavy (non-hydrogen) atoms. The van der Waals surface area contributed by atoms with Gasteiger partial charge in [-0.1, -0.05) is 6.42 Å². The lowest BCUT2D eigenvalue weighted by atomic mass is 9.85. The molecule has 0 aromatic rings. The maximum absolute atomic E-state index is 11.9. The third-order valence-corrected chi connectivity index (χ3v) is 3.78.